The first-order valence-electron chi connectivity index (χ1n) is 7.97. The van der Waals surface area contributed by atoms with Gasteiger partial charge in [-0.2, -0.15) is 0 Å². The number of hydrogen-bond donors (Lipinski definition) is 2. The molecule has 1 aliphatic heterocycles. The topological polar surface area (TPSA) is 53.8 Å². The normalized spacial score (nSPS) is 18.5. The van der Waals surface area contributed by atoms with Crippen LogP contribution >= 0.6 is 0 Å². The zero-order valence-corrected chi connectivity index (χ0v) is 14.0. The number of ether oxygens (including phenoxy) is 1. The molecule has 2 heterocycles. The minimum absolute atomic E-state index is 0.149. The number of nitrogens with zero attached hydrogens (tertiary/aromatic N) is 3. The van der Waals surface area contributed by atoms with Crippen molar-refractivity contribution in [1.82, 2.24) is 20.1 Å². The van der Waals surface area contributed by atoms with Crippen molar-refractivity contribution < 1.29 is 4.74 Å². The maximum absolute atomic E-state index is 5.51. The number of likely N-dealkylation sites (N-methyl/N-ethyl adjacent to an activating group) is 1. The molecule has 1 aromatic rings. The standard InChI is InChI=1S/C16H29N5O/c1-17-15(18-8-11-21-9-4-5-10-21)19-14-16(20(2)3)6-12-22-13-7-16/h4-5,9-10H,6-8,11-14H2,1-3H3,(H2,17,18,19). The molecular weight excluding hydrogens is 278 g/mol. The molecule has 1 aliphatic rings. The number of nitrogens with one attached hydrogen (secondary N) is 2. The number of aliphatic imine (C=N–C) groups is 1. The number of rotatable bonds is 6. The fourth-order valence-electron chi connectivity index (χ4n) is 2.82. The summed E-state index contributed by atoms with van der Waals surface area (Å²) in [5.41, 5.74) is 0.149. The first kappa shape index (κ1) is 16.8. The van der Waals surface area contributed by atoms with Crippen molar-refractivity contribution in [3.05, 3.63) is 24.5 Å². The highest BCUT2D eigenvalue weighted by atomic mass is 16.5. The van der Waals surface area contributed by atoms with Gasteiger partial charge in [-0.05, 0) is 39.1 Å². The Bertz CT molecular complexity index is 449. The fourth-order valence-corrected chi connectivity index (χ4v) is 2.82. The number of aromatic nitrogens is 1. The quantitative estimate of drug-likeness (QED) is 0.602. The Labute approximate surface area is 133 Å². The summed E-state index contributed by atoms with van der Waals surface area (Å²) in [7, 11) is 6.11. The SMILES string of the molecule is CN=C(NCCn1cccc1)NCC1(N(C)C)CCOCC1. The van der Waals surface area contributed by atoms with Gasteiger partial charge in [0, 0.05) is 57.8 Å². The van der Waals surface area contributed by atoms with Crippen LogP contribution in [0.5, 0.6) is 0 Å². The van der Waals surface area contributed by atoms with Crippen LogP contribution in [0.25, 0.3) is 0 Å². The summed E-state index contributed by atoms with van der Waals surface area (Å²) in [6.45, 7) is 4.33. The molecule has 124 valence electrons. The molecule has 0 saturated carbocycles. The van der Waals surface area contributed by atoms with Crippen LogP contribution in [0.4, 0.5) is 0 Å². The van der Waals surface area contributed by atoms with Gasteiger partial charge in [0.25, 0.3) is 0 Å². The second kappa shape index (κ2) is 8.19. The van der Waals surface area contributed by atoms with Crippen LogP contribution in [0, 0.1) is 0 Å². The van der Waals surface area contributed by atoms with E-state index < -0.39 is 0 Å². The highest BCUT2D eigenvalue weighted by Crippen LogP contribution is 2.24. The second-order valence-electron chi connectivity index (χ2n) is 6.00. The minimum Gasteiger partial charge on any atom is -0.381 e. The van der Waals surface area contributed by atoms with E-state index >= 15 is 0 Å². The third kappa shape index (κ3) is 4.48. The van der Waals surface area contributed by atoms with E-state index in [9.17, 15) is 0 Å². The molecule has 0 spiro atoms. The van der Waals surface area contributed by atoms with Gasteiger partial charge in [-0.15, -0.1) is 0 Å². The van der Waals surface area contributed by atoms with E-state index in [2.05, 4.69) is 51.6 Å². The minimum atomic E-state index is 0.149. The molecule has 22 heavy (non-hydrogen) atoms. The summed E-state index contributed by atoms with van der Waals surface area (Å²) in [6.07, 6.45) is 6.24. The third-order valence-electron chi connectivity index (χ3n) is 4.51. The molecule has 0 atom stereocenters. The van der Waals surface area contributed by atoms with Crippen molar-refractivity contribution in [3.63, 3.8) is 0 Å². The van der Waals surface area contributed by atoms with E-state index in [-0.39, 0.29) is 5.54 Å². The molecule has 0 unspecified atom stereocenters. The lowest BCUT2D eigenvalue weighted by Gasteiger charge is -2.43. The average molecular weight is 307 g/mol. The van der Waals surface area contributed by atoms with Crippen LogP contribution in [-0.2, 0) is 11.3 Å². The molecule has 0 aromatic carbocycles. The molecule has 1 fully saturated rings. The molecule has 0 aliphatic carbocycles. The van der Waals surface area contributed by atoms with Gasteiger partial charge in [-0.25, -0.2) is 0 Å². The maximum atomic E-state index is 5.51. The lowest BCUT2D eigenvalue weighted by molar-refractivity contribution is -0.00501. The summed E-state index contributed by atoms with van der Waals surface area (Å²) in [4.78, 5) is 6.63. The van der Waals surface area contributed by atoms with E-state index in [1.165, 1.54) is 0 Å². The fraction of sp³-hybridized carbons (Fsp3) is 0.688. The molecule has 0 bridgehead atoms. The van der Waals surface area contributed by atoms with Crippen molar-refractivity contribution in [2.24, 2.45) is 4.99 Å². The second-order valence-corrected chi connectivity index (χ2v) is 6.00. The molecule has 2 rings (SSSR count). The van der Waals surface area contributed by atoms with Gasteiger partial charge >= 0.3 is 0 Å². The van der Waals surface area contributed by atoms with Gasteiger partial charge < -0.3 is 24.8 Å². The van der Waals surface area contributed by atoms with Crippen LogP contribution in [0.15, 0.2) is 29.5 Å². The van der Waals surface area contributed by atoms with E-state index in [0.29, 0.717) is 0 Å². The Morgan fingerprint density at radius 2 is 1.91 bits per heavy atom. The van der Waals surface area contributed by atoms with Crippen molar-refractivity contribution in [2.45, 2.75) is 24.9 Å². The Kier molecular flexibility index (Phi) is 6.27. The maximum Gasteiger partial charge on any atom is 0.191 e. The first-order chi connectivity index (χ1) is 10.7. The van der Waals surface area contributed by atoms with Gasteiger partial charge in [-0.1, -0.05) is 0 Å². The summed E-state index contributed by atoms with van der Waals surface area (Å²) in [5.74, 6) is 0.861. The van der Waals surface area contributed by atoms with E-state index in [1.54, 1.807) is 0 Å². The lowest BCUT2D eigenvalue weighted by Crippen LogP contribution is -2.57. The zero-order chi connectivity index (χ0) is 15.8. The van der Waals surface area contributed by atoms with Gasteiger partial charge in [0.05, 0.1) is 0 Å². The van der Waals surface area contributed by atoms with Gasteiger partial charge in [-0.3, -0.25) is 4.99 Å². The first-order valence-corrected chi connectivity index (χ1v) is 7.97. The summed E-state index contributed by atoms with van der Waals surface area (Å²) in [5, 5.41) is 6.85. The van der Waals surface area contributed by atoms with Gasteiger partial charge in [0.15, 0.2) is 5.96 Å². The molecule has 6 nitrogen and oxygen atoms in total. The summed E-state index contributed by atoms with van der Waals surface area (Å²) >= 11 is 0. The third-order valence-corrected chi connectivity index (χ3v) is 4.51. The van der Waals surface area contributed by atoms with Gasteiger partial charge in [0.1, 0.15) is 0 Å². The largest absolute Gasteiger partial charge is 0.381 e. The van der Waals surface area contributed by atoms with Crippen LogP contribution < -0.4 is 10.6 Å². The summed E-state index contributed by atoms with van der Waals surface area (Å²) < 4.78 is 7.66. The molecule has 2 N–H and O–H groups in total. The molecular formula is C16H29N5O. The molecule has 1 aromatic heterocycles. The highest BCUT2D eigenvalue weighted by molar-refractivity contribution is 5.79. The van der Waals surface area contributed by atoms with E-state index in [1.807, 2.05) is 19.2 Å². The Balaban J connectivity index is 1.79. The van der Waals surface area contributed by atoms with Crippen LogP contribution in [-0.4, -0.2) is 68.4 Å². The predicted molar refractivity (Wildman–Crippen MR) is 90.3 cm³/mol. The van der Waals surface area contributed by atoms with Crippen LogP contribution in [0.2, 0.25) is 0 Å². The monoisotopic (exact) mass is 307 g/mol. The van der Waals surface area contributed by atoms with Crippen molar-refractivity contribution in [1.29, 1.82) is 0 Å². The molecule has 1 saturated heterocycles. The number of guanidine groups is 1. The van der Waals surface area contributed by atoms with Crippen molar-refractivity contribution in [3.8, 4) is 0 Å². The average Bonchev–Trinajstić information content (AvgIpc) is 3.04. The van der Waals surface area contributed by atoms with Crippen molar-refractivity contribution in [2.75, 3.05) is 47.4 Å². The van der Waals surface area contributed by atoms with E-state index in [4.69, 9.17) is 4.74 Å². The Hall–Kier alpha value is -1.53. The smallest absolute Gasteiger partial charge is 0.191 e. The van der Waals surface area contributed by atoms with Gasteiger partial charge in [0.2, 0.25) is 0 Å². The highest BCUT2D eigenvalue weighted by Gasteiger charge is 2.34. The summed E-state index contributed by atoms with van der Waals surface area (Å²) in [6, 6.07) is 4.08. The Morgan fingerprint density at radius 1 is 1.23 bits per heavy atom. The molecule has 0 radical (unpaired) electrons. The predicted octanol–water partition coefficient (Wildman–Crippen LogP) is 0.764. The van der Waals surface area contributed by atoms with E-state index in [0.717, 1.165) is 51.6 Å². The molecule has 6 heteroatoms. The Morgan fingerprint density at radius 3 is 2.50 bits per heavy atom. The van der Waals surface area contributed by atoms with Crippen LogP contribution in [0.1, 0.15) is 12.8 Å². The van der Waals surface area contributed by atoms with Crippen molar-refractivity contribution >= 4 is 5.96 Å². The molecule has 0 amide bonds. The van der Waals surface area contributed by atoms with Crippen LogP contribution in [0.3, 0.4) is 0 Å². The zero-order valence-electron chi connectivity index (χ0n) is 14.0. The lowest BCUT2D eigenvalue weighted by atomic mass is 9.88. The number of hydrogen-bond acceptors (Lipinski definition) is 3.